The van der Waals surface area contributed by atoms with E-state index in [2.05, 4.69) is 15.5 Å². The first-order chi connectivity index (χ1) is 14.4. The number of carbonyl (C=O) groups excluding carboxylic acids is 1. The van der Waals surface area contributed by atoms with Gasteiger partial charge in [0, 0.05) is 7.05 Å². The highest BCUT2D eigenvalue weighted by Crippen LogP contribution is 2.29. The van der Waals surface area contributed by atoms with Crippen LogP contribution in [0.5, 0.6) is 11.5 Å². The number of halogens is 1. The molecule has 0 radical (unpaired) electrons. The third-order valence-corrected chi connectivity index (χ3v) is 5.67. The van der Waals surface area contributed by atoms with E-state index >= 15 is 0 Å². The third-order valence-electron chi connectivity index (χ3n) is 4.33. The fourth-order valence-electron chi connectivity index (χ4n) is 2.83. The van der Waals surface area contributed by atoms with Crippen molar-refractivity contribution in [2.75, 3.05) is 18.2 Å². The maximum atomic E-state index is 12.4. The second-order valence-corrected chi connectivity index (χ2v) is 7.98. The number of anilines is 1. The number of nitrogens with one attached hydrogen (secondary N) is 1. The number of amides is 1. The van der Waals surface area contributed by atoms with Crippen LogP contribution >= 0.6 is 23.4 Å². The van der Waals surface area contributed by atoms with Gasteiger partial charge in [0.25, 0.3) is 0 Å². The summed E-state index contributed by atoms with van der Waals surface area (Å²) in [5, 5.41) is 12.4. The Balaban J connectivity index is 1.62. The quantitative estimate of drug-likeness (QED) is 0.507. The number of ether oxygens (including phenoxy) is 2. The van der Waals surface area contributed by atoms with Gasteiger partial charge in [-0.2, -0.15) is 0 Å². The van der Waals surface area contributed by atoms with Gasteiger partial charge in [-0.3, -0.25) is 4.79 Å². The van der Waals surface area contributed by atoms with Crippen molar-refractivity contribution in [3.05, 3.63) is 58.9 Å². The first-order valence-electron chi connectivity index (χ1n) is 9.26. The minimum Gasteiger partial charge on any atom is -0.495 e. The Labute approximate surface area is 184 Å². The molecule has 1 N–H and O–H groups in total. The minimum atomic E-state index is -0.359. The lowest BCUT2D eigenvalue weighted by Gasteiger charge is -2.15. The van der Waals surface area contributed by atoms with Crippen LogP contribution in [0.15, 0.2) is 47.6 Å². The lowest BCUT2D eigenvalue weighted by atomic mass is 10.2. The normalized spacial score (nSPS) is 11.8. The number of benzene rings is 2. The second kappa shape index (κ2) is 9.86. The zero-order chi connectivity index (χ0) is 21.7. The van der Waals surface area contributed by atoms with Crippen LogP contribution in [0.2, 0.25) is 5.02 Å². The monoisotopic (exact) mass is 446 g/mol. The summed E-state index contributed by atoms with van der Waals surface area (Å²) in [6.45, 7) is 3.83. The molecule has 0 spiro atoms. The Morgan fingerprint density at radius 1 is 1.23 bits per heavy atom. The van der Waals surface area contributed by atoms with Crippen molar-refractivity contribution in [1.29, 1.82) is 0 Å². The zero-order valence-electron chi connectivity index (χ0n) is 17.2. The van der Waals surface area contributed by atoms with E-state index in [4.69, 9.17) is 21.1 Å². The number of aromatic nitrogens is 3. The number of nitrogens with zero attached hydrogens (tertiary/aromatic N) is 3. The van der Waals surface area contributed by atoms with E-state index in [1.807, 2.05) is 55.8 Å². The van der Waals surface area contributed by atoms with Crippen LogP contribution in [0.3, 0.4) is 0 Å². The Kier molecular flexibility index (Phi) is 7.23. The smallest absolute Gasteiger partial charge is 0.234 e. The fraction of sp³-hybridized carbons (Fsp3) is 0.286. The number of methoxy groups -OCH3 is 1. The van der Waals surface area contributed by atoms with Gasteiger partial charge in [-0.05, 0) is 43.7 Å². The van der Waals surface area contributed by atoms with Crippen molar-refractivity contribution in [2.45, 2.75) is 25.1 Å². The molecule has 0 aliphatic carbocycles. The maximum absolute atomic E-state index is 12.4. The lowest BCUT2D eigenvalue weighted by Crippen LogP contribution is -2.15. The molecule has 0 unspecified atom stereocenters. The molecule has 1 amide bonds. The van der Waals surface area contributed by atoms with Crippen LogP contribution < -0.4 is 14.8 Å². The van der Waals surface area contributed by atoms with Gasteiger partial charge in [0.2, 0.25) is 5.91 Å². The average Bonchev–Trinajstić information content (AvgIpc) is 3.09. The molecule has 0 saturated heterocycles. The molecule has 3 aromatic rings. The fourth-order valence-corrected chi connectivity index (χ4v) is 3.72. The number of carbonyl (C=O) groups is 1. The van der Waals surface area contributed by atoms with Crippen molar-refractivity contribution in [3.63, 3.8) is 0 Å². The molecule has 7 nitrogen and oxygen atoms in total. The average molecular weight is 447 g/mol. The van der Waals surface area contributed by atoms with Gasteiger partial charge in [-0.1, -0.05) is 41.6 Å². The van der Waals surface area contributed by atoms with Gasteiger partial charge in [-0.15, -0.1) is 10.2 Å². The Morgan fingerprint density at radius 2 is 2.00 bits per heavy atom. The predicted molar refractivity (Wildman–Crippen MR) is 119 cm³/mol. The molecule has 2 aromatic carbocycles. The van der Waals surface area contributed by atoms with Crippen LogP contribution in [-0.2, 0) is 11.8 Å². The van der Waals surface area contributed by atoms with Gasteiger partial charge in [-0.25, -0.2) is 0 Å². The van der Waals surface area contributed by atoms with Gasteiger partial charge in [0.1, 0.15) is 11.5 Å². The van der Waals surface area contributed by atoms with E-state index in [1.54, 1.807) is 19.2 Å². The van der Waals surface area contributed by atoms with Crippen LogP contribution in [-0.4, -0.2) is 33.5 Å². The van der Waals surface area contributed by atoms with Gasteiger partial charge >= 0.3 is 0 Å². The molecule has 0 aliphatic heterocycles. The predicted octanol–water partition coefficient (Wildman–Crippen LogP) is 4.66. The highest BCUT2D eigenvalue weighted by Gasteiger charge is 2.19. The summed E-state index contributed by atoms with van der Waals surface area (Å²) < 4.78 is 13.0. The van der Waals surface area contributed by atoms with Crippen LogP contribution in [0, 0.1) is 6.92 Å². The van der Waals surface area contributed by atoms with E-state index in [0.717, 1.165) is 5.56 Å². The van der Waals surface area contributed by atoms with Crippen molar-refractivity contribution < 1.29 is 14.3 Å². The molecule has 3 rings (SSSR count). The first kappa shape index (κ1) is 22.0. The molecule has 9 heteroatoms. The Morgan fingerprint density at radius 3 is 2.73 bits per heavy atom. The van der Waals surface area contributed by atoms with Gasteiger partial charge in [0.05, 0.1) is 23.6 Å². The van der Waals surface area contributed by atoms with Gasteiger partial charge < -0.3 is 19.4 Å². The summed E-state index contributed by atoms with van der Waals surface area (Å²) in [4.78, 5) is 12.4. The third kappa shape index (κ3) is 5.25. The number of para-hydroxylation sites is 1. The highest BCUT2D eigenvalue weighted by atomic mass is 35.5. The van der Waals surface area contributed by atoms with Crippen LogP contribution in [0.4, 0.5) is 5.69 Å². The number of aryl methyl sites for hydroxylation is 1. The molecule has 0 bridgehead atoms. The zero-order valence-corrected chi connectivity index (χ0v) is 18.8. The maximum Gasteiger partial charge on any atom is 0.234 e. The molecule has 1 atom stereocenters. The van der Waals surface area contributed by atoms with E-state index in [1.165, 1.54) is 11.8 Å². The molecule has 0 aliphatic rings. The standard InChI is InChI=1S/C21H23ClN4O3S/c1-13-9-10-18(28-4)16(11-13)23-19(27)12-30-21-25-24-20(26(21)3)14(2)29-17-8-6-5-7-15(17)22/h5-11,14H,12H2,1-4H3,(H,23,27)/t14-/m0/s1. The highest BCUT2D eigenvalue weighted by molar-refractivity contribution is 7.99. The van der Waals surface area contributed by atoms with E-state index in [-0.39, 0.29) is 17.8 Å². The molecule has 30 heavy (non-hydrogen) atoms. The molecule has 0 fully saturated rings. The summed E-state index contributed by atoms with van der Waals surface area (Å²) in [6, 6.07) is 12.9. The Bertz CT molecular complexity index is 1040. The topological polar surface area (TPSA) is 78.3 Å². The first-order valence-corrected chi connectivity index (χ1v) is 10.6. The van der Waals surface area contributed by atoms with E-state index in [9.17, 15) is 4.79 Å². The second-order valence-electron chi connectivity index (χ2n) is 6.63. The molecule has 1 aromatic heterocycles. The number of thioether (sulfide) groups is 1. The molecular formula is C21H23ClN4O3S. The molecule has 158 valence electrons. The molecular weight excluding hydrogens is 424 g/mol. The van der Waals surface area contributed by atoms with Crippen LogP contribution in [0.1, 0.15) is 24.4 Å². The number of hydrogen-bond donors (Lipinski definition) is 1. The summed E-state index contributed by atoms with van der Waals surface area (Å²) in [5.41, 5.74) is 1.67. The summed E-state index contributed by atoms with van der Waals surface area (Å²) >= 11 is 7.45. The van der Waals surface area contributed by atoms with Crippen molar-refractivity contribution in [3.8, 4) is 11.5 Å². The van der Waals surface area contributed by atoms with E-state index in [0.29, 0.717) is 33.2 Å². The van der Waals surface area contributed by atoms with E-state index < -0.39 is 0 Å². The SMILES string of the molecule is COc1ccc(C)cc1NC(=O)CSc1nnc([C@H](C)Oc2ccccc2Cl)n1C. The summed E-state index contributed by atoms with van der Waals surface area (Å²) in [7, 11) is 3.41. The molecule has 1 heterocycles. The van der Waals surface area contributed by atoms with Crippen molar-refractivity contribution >= 4 is 35.0 Å². The summed E-state index contributed by atoms with van der Waals surface area (Å²) in [6.07, 6.45) is -0.359. The Hall–Kier alpha value is -2.71. The lowest BCUT2D eigenvalue weighted by molar-refractivity contribution is -0.113. The minimum absolute atomic E-state index is 0.159. The van der Waals surface area contributed by atoms with Gasteiger partial charge in [0.15, 0.2) is 17.1 Å². The van der Waals surface area contributed by atoms with Crippen LogP contribution in [0.25, 0.3) is 0 Å². The van der Waals surface area contributed by atoms with Crippen molar-refractivity contribution in [2.24, 2.45) is 7.05 Å². The summed E-state index contributed by atoms with van der Waals surface area (Å²) in [5.74, 6) is 1.86. The number of rotatable bonds is 8. The largest absolute Gasteiger partial charge is 0.495 e. The van der Waals surface area contributed by atoms with Crippen molar-refractivity contribution in [1.82, 2.24) is 14.8 Å². The molecule has 0 saturated carbocycles. The number of hydrogen-bond acceptors (Lipinski definition) is 6.